The lowest BCUT2D eigenvalue weighted by Crippen LogP contribution is -2.33. The van der Waals surface area contributed by atoms with Crippen LogP contribution in [0.15, 0.2) is 11.6 Å². The van der Waals surface area contributed by atoms with Crippen LogP contribution in [-0.2, 0) is 9.53 Å². The van der Waals surface area contributed by atoms with Gasteiger partial charge in [0.15, 0.2) is 0 Å². The zero-order chi connectivity index (χ0) is 12.3. The van der Waals surface area contributed by atoms with E-state index in [0.717, 1.165) is 6.42 Å². The molecule has 0 aromatic heterocycles. The zero-order valence-electron chi connectivity index (χ0n) is 11.1. The van der Waals surface area contributed by atoms with Gasteiger partial charge in [-0.05, 0) is 54.9 Å². The summed E-state index contributed by atoms with van der Waals surface area (Å²) in [5, 5.41) is 0. The van der Waals surface area contributed by atoms with Gasteiger partial charge >= 0.3 is 5.97 Å². The summed E-state index contributed by atoms with van der Waals surface area (Å²) in [6.45, 7) is 13.6. The molecule has 0 spiro atoms. The number of ether oxygens (including phenoxy) is 1. The monoisotopic (exact) mass is 212 g/mol. The van der Waals surface area contributed by atoms with Crippen molar-refractivity contribution in [1.82, 2.24) is 0 Å². The van der Waals surface area contributed by atoms with Crippen LogP contribution < -0.4 is 0 Å². The highest BCUT2D eigenvalue weighted by molar-refractivity contribution is 5.76. The van der Waals surface area contributed by atoms with E-state index in [1.807, 2.05) is 48.5 Å². The van der Waals surface area contributed by atoms with Crippen LogP contribution in [0.1, 0.15) is 54.9 Å². The number of esters is 1. The lowest BCUT2D eigenvalue weighted by molar-refractivity contribution is -0.165. The number of carbonyl (C=O) groups is 1. The van der Waals surface area contributed by atoms with Crippen molar-refractivity contribution in [2.45, 2.75) is 60.5 Å². The molecule has 0 aliphatic heterocycles. The number of hydrogen-bond donors (Lipinski definition) is 0. The van der Waals surface area contributed by atoms with Crippen LogP contribution in [0.3, 0.4) is 0 Å². The first-order chi connectivity index (χ1) is 6.54. The Bertz CT molecular complexity index is 250. The second-order valence-electron chi connectivity index (χ2n) is 5.87. The molecule has 0 aliphatic carbocycles. The molecule has 2 heteroatoms. The van der Waals surface area contributed by atoms with Gasteiger partial charge in [-0.25, -0.2) is 0 Å². The van der Waals surface area contributed by atoms with E-state index in [0.29, 0.717) is 0 Å². The molecule has 0 saturated heterocycles. The number of hydrogen-bond acceptors (Lipinski definition) is 2. The molecule has 0 N–H and O–H groups in total. The topological polar surface area (TPSA) is 26.3 Å². The Labute approximate surface area is 93.7 Å². The minimum atomic E-state index is -0.440. The first-order valence-corrected chi connectivity index (χ1v) is 5.41. The molecule has 0 amide bonds. The molecule has 0 bridgehead atoms. The van der Waals surface area contributed by atoms with Crippen molar-refractivity contribution in [2.24, 2.45) is 5.41 Å². The van der Waals surface area contributed by atoms with E-state index in [1.165, 1.54) is 5.57 Å². The van der Waals surface area contributed by atoms with Gasteiger partial charge in [-0.2, -0.15) is 0 Å². The van der Waals surface area contributed by atoms with Crippen molar-refractivity contribution in [3.63, 3.8) is 0 Å². The quantitative estimate of drug-likeness (QED) is 0.526. The third-order valence-corrected chi connectivity index (χ3v) is 1.97. The summed E-state index contributed by atoms with van der Waals surface area (Å²) in [6, 6.07) is 0. The third-order valence-electron chi connectivity index (χ3n) is 1.97. The molecule has 0 aliphatic rings. The second-order valence-corrected chi connectivity index (χ2v) is 5.87. The average molecular weight is 212 g/mol. The van der Waals surface area contributed by atoms with Crippen molar-refractivity contribution >= 4 is 5.97 Å². The Morgan fingerprint density at radius 3 is 1.93 bits per heavy atom. The normalized spacial score (nSPS) is 12.2. The highest BCUT2D eigenvalue weighted by Crippen LogP contribution is 2.26. The summed E-state index contributed by atoms with van der Waals surface area (Å²) in [5.74, 6) is -0.132. The van der Waals surface area contributed by atoms with Gasteiger partial charge in [-0.3, -0.25) is 4.79 Å². The Hall–Kier alpha value is -0.790. The molecule has 0 atom stereocenters. The van der Waals surface area contributed by atoms with E-state index in [2.05, 4.69) is 6.08 Å². The standard InChI is InChI=1S/C13H24O2/c1-10(2)8-9-13(6,7)11(14)15-12(3,4)5/h8H,9H2,1-7H3. The molecule has 0 rings (SSSR count). The molecular weight excluding hydrogens is 188 g/mol. The van der Waals surface area contributed by atoms with Crippen molar-refractivity contribution in [3.05, 3.63) is 11.6 Å². The molecule has 0 aromatic rings. The number of allylic oxidation sites excluding steroid dienone is 2. The van der Waals surface area contributed by atoms with Crippen LogP contribution in [0.4, 0.5) is 0 Å². The van der Waals surface area contributed by atoms with Crippen molar-refractivity contribution in [1.29, 1.82) is 0 Å². The minimum Gasteiger partial charge on any atom is -0.460 e. The predicted octanol–water partition coefficient (Wildman–Crippen LogP) is 3.71. The fourth-order valence-electron chi connectivity index (χ4n) is 0.959. The van der Waals surface area contributed by atoms with Crippen LogP contribution in [0.2, 0.25) is 0 Å². The Kier molecular flexibility index (Phi) is 4.57. The van der Waals surface area contributed by atoms with Gasteiger partial charge in [0.25, 0.3) is 0 Å². The third kappa shape index (κ3) is 6.32. The second kappa shape index (κ2) is 4.82. The summed E-state index contributed by atoms with van der Waals surface area (Å²) in [7, 11) is 0. The van der Waals surface area contributed by atoms with Crippen LogP contribution in [0, 0.1) is 5.41 Å². The average Bonchev–Trinajstić information content (AvgIpc) is 1.97. The van der Waals surface area contributed by atoms with Gasteiger partial charge < -0.3 is 4.74 Å². The van der Waals surface area contributed by atoms with E-state index in [-0.39, 0.29) is 5.97 Å². The van der Waals surface area contributed by atoms with Crippen LogP contribution in [0.5, 0.6) is 0 Å². The van der Waals surface area contributed by atoms with Crippen molar-refractivity contribution < 1.29 is 9.53 Å². The number of carbonyl (C=O) groups excluding carboxylic acids is 1. The van der Waals surface area contributed by atoms with E-state index >= 15 is 0 Å². The largest absolute Gasteiger partial charge is 0.460 e. The summed E-state index contributed by atoms with van der Waals surface area (Å²) in [4.78, 5) is 11.8. The Morgan fingerprint density at radius 2 is 1.60 bits per heavy atom. The summed E-state index contributed by atoms with van der Waals surface area (Å²) in [5.41, 5.74) is 0.385. The van der Waals surface area contributed by atoms with Gasteiger partial charge in [0.2, 0.25) is 0 Å². The smallest absolute Gasteiger partial charge is 0.312 e. The predicted molar refractivity (Wildman–Crippen MR) is 63.7 cm³/mol. The highest BCUT2D eigenvalue weighted by atomic mass is 16.6. The van der Waals surface area contributed by atoms with Gasteiger partial charge in [0, 0.05) is 0 Å². The number of rotatable bonds is 3. The molecule has 15 heavy (non-hydrogen) atoms. The molecule has 0 saturated carbocycles. The van der Waals surface area contributed by atoms with E-state index in [4.69, 9.17) is 4.74 Å². The van der Waals surface area contributed by atoms with Gasteiger partial charge in [-0.15, -0.1) is 0 Å². The summed E-state index contributed by atoms with van der Waals surface area (Å²) in [6.07, 6.45) is 2.80. The molecule has 88 valence electrons. The maximum atomic E-state index is 11.8. The highest BCUT2D eigenvalue weighted by Gasteiger charge is 2.31. The van der Waals surface area contributed by atoms with Gasteiger partial charge in [0.1, 0.15) is 5.60 Å². The summed E-state index contributed by atoms with van der Waals surface area (Å²) >= 11 is 0. The molecule has 0 fully saturated rings. The molecule has 0 aromatic carbocycles. The van der Waals surface area contributed by atoms with Crippen LogP contribution in [-0.4, -0.2) is 11.6 Å². The lowest BCUT2D eigenvalue weighted by atomic mass is 9.88. The summed E-state index contributed by atoms with van der Waals surface area (Å²) < 4.78 is 5.37. The fourth-order valence-corrected chi connectivity index (χ4v) is 0.959. The zero-order valence-corrected chi connectivity index (χ0v) is 11.1. The first kappa shape index (κ1) is 14.2. The van der Waals surface area contributed by atoms with Crippen molar-refractivity contribution in [3.8, 4) is 0 Å². The van der Waals surface area contributed by atoms with Gasteiger partial charge in [-0.1, -0.05) is 11.6 Å². The first-order valence-electron chi connectivity index (χ1n) is 5.41. The van der Waals surface area contributed by atoms with E-state index < -0.39 is 11.0 Å². The van der Waals surface area contributed by atoms with Crippen LogP contribution >= 0.6 is 0 Å². The Morgan fingerprint density at radius 1 is 1.13 bits per heavy atom. The maximum absolute atomic E-state index is 11.8. The van der Waals surface area contributed by atoms with Gasteiger partial charge in [0.05, 0.1) is 5.41 Å². The Balaban J connectivity index is 4.46. The molecule has 0 radical (unpaired) electrons. The lowest BCUT2D eigenvalue weighted by Gasteiger charge is -2.27. The van der Waals surface area contributed by atoms with E-state index in [1.54, 1.807) is 0 Å². The minimum absolute atomic E-state index is 0.132. The van der Waals surface area contributed by atoms with Crippen LogP contribution in [0.25, 0.3) is 0 Å². The van der Waals surface area contributed by atoms with Crippen molar-refractivity contribution in [2.75, 3.05) is 0 Å². The SMILES string of the molecule is CC(C)=CCC(C)(C)C(=O)OC(C)(C)C. The van der Waals surface area contributed by atoms with E-state index in [9.17, 15) is 4.79 Å². The molecular formula is C13H24O2. The maximum Gasteiger partial charge on any atom is 0.312 e. The molecule has 2 nitrogen and oxygen atoms in total. The molecule has 0 heterocycles. The molecule has 0 unspecified atom stereocenters. The fraction of sp³-hybridized carbons (Fsp3) is 0.769.